The maximum Gasteiger partial charge on any atom is 0.270 e. The summed E-state index contributed by atoms with van der Waals surface area (Å²) < 4.78 is 1.01. The monoisotopic (exact) mass is 384 g/mol. The van der Waals surface area contributed by atoms with Crippen LogP contribution in [0.3, 0.4) is 0 Å². The summed E-state index contributed by atoms with van der Waals surface area (Å²) in [4.78, 5) is 33.8. The summed E-state index contributed by atoms with van der Waals surface area (Å²) in [5.41, 5.74) is 1.36. The largest absolute Gasteiger partial charge is 0.346 e. The number of pyridine rings is 1. The van der Waals surface area contributed by atoms with Crippen molar-refractivity contribution >= 4 is 38.9 Å². The van der Waals surface area contributed by atoms with E-state index in [1.54, 1.807) is 17.5 Å². The van der Waals surface area contributed by atoms with Crippen molar-refractivity contribution in [3.63, 3.8) is 0 Å². The Balaban J connectivity index is 1.41. The van der Waals surface area contributed by atoms with Crippen LogP contribution in [0.1, 0.15) is 43.1 Å². The van der Waals surface area contributed by atoms with Crippen LogP contribution in [0.15, 0.2) is 17.6 Å². The molecule has 0 aliphatic carbocycles. The molecule has 2 aromatic rings. The van der Waals surface area contributed by atoms with Crippen LogP contribution in [0.4, 0.5) is 5.69 Å². The second kappa shape index (κ2) is 6.56. The third kappa shape index (κ3) is 2.84. The van der Waals surface area contributed by atoms with Gasteiger partial charge in [0.05, 0.1) is 10.4 Å². The van der Waals surface area contributed by atoms with Crippen LogP contribution in [0, 0.1) is 5.92 Å². The van der Waals surface area contributed by atoms with E-state index in [1.807, 2.05) is 16.3 Å². The molecular weight excluding hydrogens is 360 g/mol. The molecule has 4 aliphatic rings. The number of piperidine rings is 3. The summed E-state index contributed by atoms with van der Waals surface area (Å²) in [7, 11) is 0. The van der Waals surface area contributed by atoms with E-state index in [0.29, 0.717) is 24.1 Å². The molecule has 2 atom stereocenters. The van der Waals surface area contributed by atoms with Crippen molar-refractivity contribution < 1.29 is 9.59 Å². The highest BCUT2D eigenvalue weighted by Gasteiger charge is 2.40. The van der Waals surface area contributed by atoms with Gasteiger partial charge in [-0.05, 0) is 51.3 Å². The Kier molecular flexibility index (Phi) is 4.16. The van der Waals surface area contributed by atoms with Gasteiger partial charge in [0.25, 0.3) is 5.91 Å². The van der Waals surface area contributed by atoms with E-state index in [9.17, 15) is 9.59 Å². The van der Waals surface area contributed by atoms with Crippen LogP contribution in [0.25, 0.3) is 10.1 Å². The zero-order valence-electron chi connectivity index (χ0n) is 15.5. The Bertz CT molecular complexity index is 901. The van der Waals surface area contributed by atoms with Gasteiger partial charge in [0.15, 0.2) is 0 Å². The van der Waals surface area contributed by atoms with E-state index >= 15 is 0 Å². The van der Waals surface area contributed by atoms with Gasteiger partial charge < -0.3 is 10.2 Å². The number of amides is 2. The number of nitrogens with one attached hydrogen (secondary N) is 1. The first kappa shape index (κ1) is 17.1. The molecule has 7 heteroatoms. The van der Waals surface area contributed by atoms with Gasteiger partial charge in [-0.1, -0.05) is 0 Å². The maximum atomic E-state index is 12.9. The number of thiophene rings is 1. The van der Waals surface area contributed by atoms with Crippen molar-refractivity contribution in [2.24, 2.45) is 5.92 Å². The standard InChI is InChI=1S/C20H24N4O2S/c1-12-19(13-4-7-23(12)8-5-13)22-20(26)15-9-14-16(11-27-17(14)10-21-15)24-6-2-3-18(24)25/h9-13,19H,2-8H2,1H3,(H,22,26)/t12-,19-/m0/s1. The fraction of sp³-hybridized carbons (Fsp3) is 0.550. The van der Waals surface area contributed by atoms with Gasteiger partial charge in [0, 0.05) is 42.0 Å². The molecule has 6 rings (SSSR count). The lowest BCUT2D eigenvalue weighted by Crippen LogP contribution is -2.62. The van der Waals surface area contributed by atoms with E-state index < -0.39 is 0 Å². The van der Waals surface area contributed by atoms with E-state index in [0.717, 1.165) is 54.7 Å². The van der Waals surface area contributed by atoms with Crippen molar-refractivity contribution in [2.75, 3.05) is 24.5 Å². The van der Waals surface area contributed by atoms with Crippen LogP contribution >= 0.6 is 11.3 Å². The summed E-state index contributed by atoms with van der Waals surface area (Å²) in [6.07, 6.45) is 5.58. The minimum atomic E-state index is -0.104. The second-order valence-electron chi connectivity index (χ2n) is 7.95. The van der Waals surface area contributed by atoms with Crippen LogP contribution in [0.2, 0.25) is 0 Å². The Hall–Kier alpha value is -1.99. The molecule has 2 bridgehead atoms. The molecule has 27 heavy (non-hydrogen) atoms. The first-order chi connectivity index (χ1) is 13.1. The summed E-state index contributed by atoms with van der Waals surface area (Å²) >= 11 is 1.57. The van der Waals surface area contributed by atoms with Gasteiger partial charge in [-0.3, -0.25) is 14.5 Å². The molecule has 1 N–H and O–H groups in total. The molecule has 6 heterocycles. The van der Waals surface area contributed by atoms with Crippen molar-refractivity contribution in [2.45, 2.75) is 44.7 Å². The molecule has 142 valence electrons. The molecule has 0 aromatic carbocycles. The van der Waals surface area contributed by atoms with Gasteiger partial charge in [0.2, 0.25) is 5.91 Å². The molecule has 2 amide bonds. The molecule has 6 nitrogen and oxygen atoms in total. The molecule has 4 aliphatic heterocycles. The van der Waals surface area contributed by atoms with Crippen molar-refractivity contribution in [1.82, 2.24) is 15.2 Å². The summed E-state index contributed by atoms with van der Waals surface area (Å²) in [6.45, 7) is 5.25. The Morgan fingerprint density at radius 2 is 2.11 bits per heavy atom. The van der Waals surface area contributed by atoms with Crippen LogP contribution in [0.5, 0.6) is 0 Å². The molecule has 0 saturated carbocycles. The van der Waals surface area contributed by atoms with Crippen molar-refractivity contribution in [1.29, 1.82) is 0 Å². The van der Waals surface area contributed by atoms with E-state index in [-0.39, 0.29) is 17.9 Å². The molecule has 0 spiro atoms. The van der Waals surface area contributed by atoms with Gasteiger partial charge in [0.1, 0.15) is 5.69 Å². The SMILES string of the molecule is C[C@H]1[C@H](NC(=O)c2cc3c(N4CCCC4=O)csc3cn2)C2CCN1CC2. The van der Waals surface area contributed by atoms with E-state index in [2.05, 4.69) is 22.1 Å². The molecule has 0 radical (unpaired) electrons. The fourth-order valence-electron chi connectivity index (χ4n) is 4.93. The second-order valence-corrected chi connectivity index (χ2v) is 8.86. The zero-order chi connectivity index (χ0) is 18.5. The quantitative estimate of drug-likeness (QED) is 0.884. The number of anilines is 1. The highest BCUT2D eigenvalue weighted by molar-refractivity contribution is 7.17. The smallest absolute Gasteiger partial charge is 0.270 e. The number of carbonyl (C=O) groups is 2. The predicted molar refractivity (Wildman–Crippen MR) is 106 cm³/mol. The minimum Gasteiger partial charge on any atom is -0.346 e. The maximum absolute atomic E-state index is 12.9. The minimum absolute atomic E-state index is 0.104. The van der Waals surface area contributed by atoms with Gasteiger partial charge in [-0.15, -0.1) is 11.3 Å². The lowest BCUT2D eigenvalue weighted by Gasteiger charge is -2.49. The number of aromatic nitrogens is 1. The highest BCUT2D eigenvalue weighted by Crippen LogP contribution is 2.36. The third-order valence-corrected chi connectivity index (χ3v) is 7.43. The Labute approximate surface area is 162 Å². The lowest BCUT2D eigenvalue weighted by atomic mass is 9.79. The van der Waals surface area contributed by atoms with Crippen LogP contribution < -0.4 is 10.2 Å². The van der Waals surface area contributed by atoms with Crippen LogP contribution in [-0.4, -0.2) is 53.4 Å². The number of hydrogen-bond acceptors (Lipinski definition) is 5. The van der Waals surface area contributed by atoms with Gasteiger partial charge in [-0.25, -0.2) is 4.98 Å². The zero-order valence-corrected chi connectivity index (χ0v) is 16.3. The number of fused-ring (bicyclic) bond motifs is 4. The number of rotatable bonds is 3. The topological polar surface area (TPSA) is 65.5 Å². The molecule has 2 aromatic heterocycles. The predicted octanol–water partition coefficient (Wildman–Crippen LogP) is 2.64. The summed E-state index contributed by atoms with van der Waals surface area (Å²) in [5, 5.41) is 6.21. The fourth-order valence-corrected chi connectivity index (χ4v) is 5.82. The van der Waals surface area contributed by atoms with Gasteiger partial charge >= 0.3 is 0 Å². The third-order valence-electron chi connectivity index (χ3n) is 6.51. The molecule has 0 unspecified atom stereocenters. The number of carbonyl (C=O) groups excluding carboxylic acids is 2. The van der Waals surface area contributed by atoms with E-state index in [4.69, 9.17) is 0 Å². The molecule has 4 saturated heterocycles. The first-order valence-corrected chi connectivity index (χ1v) is 10.7. The average Bonchev–Trinajstić information content (AvgIpc) is 3.29. The average molecular weight is 385 g/mol. The van der Waals surface area contributed by atoms with Crippen molar-refractivity contribution in [3.8, 4) is 0 Å². The number of nitrogens with zero attached hydrogens (tertiary/aromatic N) is 3. The van der Waals surface area contributed by atoms with E-state index in [1.165, 1.54) is 0 Å². The lowest BCUT2D eigenvalue weighted by molar-refractivity contribution is -0.117. The summed E-state index contributed by atoms with van der Waals surface area (Å²) in [6, 6.07) is 2.43. The normalized spacial score (nSPS) is 30.3. The molecule has 4 fully saturated rings. The molecular formula is C20H24N4O2S. The van der Waals surface area contributed by atoms with Crippen LogP contribution in [-0.2, 0) is 4.79 Å². The highest BCUT2D eigenvalue weighted by atomic mass is 32.1. The Morgan fingerprint density at radius 3 is 2.81 bits per heavy atom. The Morgan fingerprint density at radius 1 is 1.30 bits per heavy atom. The summed E-state index contributed by atoms with van der Waals surface area (Å²) in [5.74, 6) is 0.627. The first-order valence-electron chi connectivity index (χ1n) is 9.84. The number of hydrogen-bond donors (Lipinski definition) is 1. The van der Waals surface area contributed by atoms with Crippen molar-refractivity contribution in [3.05, 3.63) is 23.3 Å². The van der Waals surface area contributed by atoms with Gasteiger partial charge in [-0.2, -0.15) is 0 Å².